The van der Waals surface area contributed by atoms with Gasteiger partial charge < -0.3 is 15.2 Å². The summed E-state index contributed by atoms with van der Waals surface area (Å²) in [6.45, 7) is 2.43. The van der Waals surface area contributed by atoms with Gasteiger partial charge in [-0.3, -0.25) is 9.59 Å². The highest BCUT2D eigenvalue weighted by Crippen LogP contribution is 2.14. The van der Waals surface area contributed by atoms with Crippen molar-refractivity contribution in [2.24, 2.45) is 0 Å². The van der Waals surface area contributed by atoms with E-state index in [2.05, 4.69) is 10.3 Å². The van der Waals surface area contributed by atoms with Crippen LogP contribution in [0.25, 0.3) is 10.9 Å². The first-order valence-corrected chi connectivity index (χ1v) is 8.62. The molecule has 2 aromatic carbocycles. The van der Waals surface area contributed by atoms with E-state index in [1.54, 1.807) is 12.1 Å². The Bertz CT molecular complexity index is 988. The first-order valence-electron chi connectivity index (χ1n) is 8.62. The largest absolute Gasteiger partial charge is 0.378 e. The normalized spacial score (nSPS) is 10.7. The molecule has 2 N–H and O–H groups in total. The predicted molar refractivity (Wildman–Crippen MR) is 106 cm³/mol. The first kappa shape index (κ1) is 17.7. The van der Waals surface area contributed by atoms with Gasteiger partial charge in [-0.15, -0.1) is 0 Å². The highest BCUT2D eigenvalue weighted by Gasteiger charge is 2.07. The number of pyridine rings is 1. The van der Waals surface area contributed by atoms with Gasteiger partial charge in [0.2, 0.25) is 0 Å². The minimum absolute atomic E-state index is 0.106. The van der Waals surface area contributed by atoms with Crippen molar-refractivity contribution in [3.05, 3.63) is 75.6 Å². The lowest BCUT2D eigenvalue weighted by Crippen LogP contribution is -2.27. The van der Waals surface area contributed by atoms with E-state index < -0.39 is 0 Å². The molecule has 5 heteroatoms. The van der Waals surface area contributed by atoms with Crippen LogP contribution in [0.5, 0.6) is 0 Å². The molecule has 0 atom stereocenters. The maximum Gasteiger partial charge on any atom is 0.251 e. The number of fused-ring (bicyclic) bond motifs is 1. The summed E-state index contributed by atoms with van der Waals surface area (Å²) >= 11 is 0. The van der Waals surface area contributed by atoms with Gasteiger partial charge in [0.15, 0.2) is 0 Å². The Morgan fingerprint density at radius 3 is 2.50 bits per heavy atom. The van der Waals surface area contributed by atoms with Gasteiger partial charge in [0.25, 0.3) is 11.5 Å². The first-order chi connectivity index (χ1) is 12.4. The number of amides is 1. The number of aryl methyl sites for hydroxylation is 1. The molecule has 26 heavy (non-hydrogen) atoms. The quantitative estimate of drug-likeness (QED) is 0.744. The van der Waals surface area contributed by atoms with Crippen molar-refractivity contribution in [3.63, 3.8) is 0 Å². The molecule has 0 bridgehead atoms. The number of hydrogen-bond donors (Lipinski definition) is 2. The number of aromatic amines is 1. The molecule has 5 nitrogen and oxygen atoms in total. The van der Waals surface area contributed by atoms with E-state index >= 15 is 0 Å². The molecule has 0 fully saturated rings. The fourth-order valence-corrected chi connectivity index (χ4v) is 2.88. The Kier molecular flexibility index (Phi) is 5.07. The third-order valence-electron chi connectivity index (χ3n) is 4.40. The number of carbonyl (C=O) groups is 1. The van der Waals surface area contributed by atoms with Crippen LogP contribution in [0.3, 0.4) is 0 Å². The number of anilines is 1. The predicted octanol–water partition coefficient (Wildman–Crippen LogP) is 2.88. The van der Waals surface area contributed by atoms with E-state index in [-0.39, 0.29) is 11.5 Å². The van der Waals surface area contributed by atoms with Crippen LogP contribution in [0.1, 0.15) is 21.5 Å². The lowest BCUT2D eigenvalue weighted by Gasteiger charge is -2.12. The van der Waals surface area contributed by atoms with E-state index in [9.17, 15) is 9.59 Å². The lowest BCUT2D eigenvalue weighted by atomic mass is 10.1. The molecule has 0 radical (unpaired) electrons. The molecule has 0 aliphatic carbocycles. The van der Waals surface area contributed by atoms with Gasteiger partial charge in [0.05, 0.1) is 0 Å². The number of nitrogens with zero attached hydrogens (tertiary/aromatic N) is 1. The summed E-state index contributed by atoms with van der Waals surface area (Å²) in [6, 6.07) is 15.2. The summed E-state index contributed by atoms with van der Waals surface area (Å²) in [6.07, 6.45) is 0.487. The highest BCUT2D eigenvalue weighted by atomic mass is 16.1. The molecule has 134 valence electrons. The summed E-state index contributed by atoms with van der Waals surface area (Å²) in [5.74, 6) is -0.136. The van der Waals surface area contributed by atoms with E-state index in [0.717, 1.165) is 22.2 Å². The fraction of sp³-hybridized carbons (Fsp3) is 0.238. The monoisotopic (exact) mass is 349 g/mol. The van der Waals surface area contributed by atoms with E-state index in [1.165, 1.54) is 0 Å². The van der Waals surface area contributed by atoms with Crippen molar-refractivity contribution in [1.29, 1.82) is 0 Å². The summed E-state index contributed by atoms with van der Waals surface area (Å²) in [7, 11) is 3.91. The molecule has 0 aliphatic rings. The molecule has 3 rings (SSSR count). The molecule has 0 aliphatic heterocycles. The summed E-state index contributed by atoms with van der Waals surface area (Å²) < 4.78 is 0. The molecule has 1 heterocycles. The molecule has 1 amide bonds. The summed E-state index contributed by atoms with van der Waals surface area (Å²) in [5, 5.41) is 3.88. The Balaban J connectivity index is 1.65. The molecular formula is C21H23N3O2. The van der Waals surface area contributed by atoms with Crippen LogP contribution < -0.4 is 15.8 Å². The van der Waals surface area contributed by atoms with Gasteiger partial charge in [-0.1, -0.05) is 11.6 Å². The summed E-state index contributed by atoms with van der Waals surface area (Å²) in [5.41, 5.74) is 4.19. The van der Waals surface area contributed by atoms with Gasteiger partial charge in [-0.2, -0.15) is 0 Å². The number of rotatable bonds is 5. The number of nitrogens with one attached hydrogen (secondary N) is 2. The lowest BCUT2D eigenvalue weighted by molar-refractivity contribution is 0.0954. The van der Waals surface area contributed by atoms with Crippen LogP contribution in [0, 0.1) is 6.92 Å². The van der Waals surface area contributed by atoms with E-state index in [4.69, 9.17) is 0 Å². The number of aromatic nitrogens is 1. The van der Waals surface area contributed by atoms with Crippen molar-refractivity contribution in [2.45, 2.75) is 13.3 Å². The van der Waals surface area contributed by atoms with Crippen molar-refractivity contribution in [2.75, 3.05) is 25.5 Å². The van der Waals surface area contributed by atoms with E-state index in [0.29, 0.717) is 24.1 Å². The minimum Gasteiger partial charge on any atom is -0.378 e. The Morgan fingerprint density at radius 1 is 1.08 bits per heavy atom. The second-order valence-corrected chi connectivity index (χ2v) is 6.66. The minimum atomic E-state index is -0.136. The Hall–Kier alpha value is -3.08. The zero-order chi connectivity index (χ0) is 18.7. The standard InChI is InChI=1S/C21H23N3O2/c1-14-4-9-19-17(12-14)13-16(21(26)23-19)10-11-22-20(25)15-5-7-18(8-6-15)24(2)3/h4-9,12-13H,10-11H2,1-3H3,(H,22,25)(H,23,26). The molecule has 0 spiro atoms. The van der Waals surface area contributed by atoms with Crippen LogP contribution in [0.4, 0.5) is 5.69 Å². The van der Waals surface area contributed by atoms with Gasteiger partial charge in [-0.25, -0.2) is 0 Å². The topological polar surface area (TPSA) is 65.2 Å². The molecule has 1 aromatic heterocycles. The maximum absolute atomic E-state index is 12.2. The van der Waals surface area contributed by atoms with Crippen LogP contribution in [-0.2, 0) is 6.42 Å². The van der Waals surface area contributed by atoms with Crippen LogP contribution in [0.2, 0.25) is 0 Å². The highest BCUT2D eigenvalue weighted by molar-refractivity contribution is 5.94. The number of benzene rings is 2. The fourth-order valence-electron chi connectivity index (χ4n) is 2.88. The molecule has 0 unspecified atom stereocenters. The molecule has 0 saturated carbocycles. The summed E-state index contributed by atoms with van der Waals surface area (Å²) in [4.78, 5) is 29.3. The van der Waals surface area contributed by atoms with Crippen molar-refractivity contribution in [3.8, 4) is 0 Å². The number of H-pyrrole nitrogens is 1. The molecular weight excluding hydrogens is 326 g/mol. The average Bonchev–Trinajstić information content (AvgIpc) is 2.62. The second-order valence-electron chi connectivity index (χ2n) is 6.66. The Morgan fingerprint density at radius 2 is 1.81 bits per heavy atom. The number of carbonyl (C=O) groups excluding carboxylic acids is 1. The van der Waals surface area contributed by atoms with Crippen molar-refractivity contribution < 1.29 is 4.79 Å². The Labute approximate surface area is 152 Å². The van der Waals surface area contributed by atoms with E-state index in [1.807, 2.05) is 62.3 Å². The maximum atomic E-state index is 12.2. The van der Waals surface area contributed by atoms with Gasteiger partial charge in [0.1, 0.15) is 0 Å². The average molecular weight is 349 g/mol. The van der Waals surface area contributed by atoms with Gasteiger partial charge in [-0.05, 0) is 61.2 Å². The third-order valence-corrected chi connectivity index (χ3v) is 4.40. The SMILES string of the molecule is Cc1ccc2[nH]c(=O)c(CCNC(=O)c3ccc(N(C)C)cc3)cc2c1. The molecule has 3 aromatic rings. The van der Waals surface area contributed by atoms with Crippen LogP contribution in [-0.4, -0.2) is 31.5 Å². The van der Waals surface area contributed by atoms with Crippen LogP contribution in [0.15, 0.2) is 53.3 Å². The van der Waals surface area contributed by atoms with Crippen LogP contribution >= 0.6 is 0 Å². The van der Waals surface area contributed by atoms with Gasteiger partial charge in [0, 0.05) is 43.0 Å². The second kappa shape index (κ2) is 7.44. The smallest absolute Gasteiger partial charge is 0.251 e. The van der Waals surface area contributed by atoms with Crippen molar-refractivity contribution in [1.82, 2.24) is 10.3 Å². The zero-order valence-corrected chi connectivity index (χ0v) is 15.3. The third kappa shape index (κ3) is 3.94. The van der Waals surface area contributed by atoms with Crippen molar-refractivity contribution >= 4 is 22.5 Å². The zero-order valence-electron chi connectivity index (χ0n) is 15.3. The number of hydrogen-bond acceptors (Lipinski definition) is 3. The molecule has 0 saturated heterocycles. The van der Waals surface area contributed by atoms with Gasteiger partial charge >= 0.3 is 0 Å².